The first-order valence-electron chi connectivity index (χ1n) is 3.49. The topological polar surface area (TPSA) is 43.1 Å². The van der Waals surface area contributed by atoms with Gasteiger partial charge in [0, 0.05) is 0 Å². The van der Waals surface area contributed by atoms with Crippen LogP contribution in [0.25, 0.3) is 0 Å². The number of benzene rings is 1. The van der Waals surface area contributed by atoms with Gasteiger partial charge >= 0.3 is 6.18 Å². The molecule has 1 rings (SSSR count). The van der Waals surface area contributed by atoms with Crippen molar-refractivity contribution in [2.45, 2.75) is 6.18 Å². The summed E-state index contributed by atoms with van der Waals surface area (Å²) in [6.45, 7) is 0. The van der Waals surface area contributed by atoms with E-state index in [1.807, 2.05) is 0 Å². The van der Waals surface area contributed by atoms with Crippen LogP contribution in [0.2, 0.25) is 0 Å². The highest BCUT2D eigenvalue weighted by molar-refractivity contribution is 5.93. The fraction of sp³-hybridized carbons (Fsp3) is 0.125. The predicted molar refractivity (Wildman–Crippen MR) is 47.2 cm³/mol. The molecule has 0 spiro atoms. The van der Waals surface area contributed by atoms with Gasteiger partial charge in [-0.05, 0) is 18.2 Å². The Balaban J connectivity index is 0.00000196. The molecule has 7 heteroatoms. The number of primary amides is 1. The summed E-state index contributed by atoms with van der Waals surface area (Å²) in [5.74, 6) is -2.29. The number of carbonyl (C=O) groups excluding carboxylic acids is 1. The fourth-order valence-electron chi connectivity index (χ4n) is 0.890. The van der Waals surface area contributed by atoms with Crippen LogP contribution >= 0.6 is 12.4 Å². The highest BCUT2D eigenvalue weighted by atomic mass is 35.5. The number of hydrogen-bond acceptors (Lipinski definition) is 1. The minimum Gasteiger partial charge on any atom is -0.366 e. The number of nitrogens with two attached hydrogens (primary N) is 1. The molecule has 0 saturated carbocycles. The number of hydrogen-bond donors (Lipinski definition) is 1. The maximum atomic E-state index is 12.7. The Morgan fingerprint density at radius 3 is 2.20 bits per heavy atom. The lowest BCUT2D eigenvalue weighted by Gasteiger charge is -2.07. The Morgan fingerprint density at radius 1 is 1.27 bits per heavy atom. The molecule has 0 fully saturated rings. The Labute approximate surface area is 88.5 Å². The van der Waals surface area contributed by atoms with E-state index in [9.17, 15) is 22.4 Å². The molecular formula is C8H6ClF4NO. The number of alkyl halides is 3. The molecule has 84 valence electrons. The van der Waals surface area contributed by atoms with Crippen LogP contribution in [0.15, 0.2) is 18.2 Å². The largest absolute Gasteiger partial charge is 0.416 e. The van der Waals surface area contributed by atoms with Crippen molar-refractivity contribution in [2.24, 2.45) is 5.73 Å². The number of amides is 1. The molecule has 0 bridgehead atoms. The van der Waals surface area contributed by atoms with Gasteiger partial charge in [-0.25, -0.2) is 4.39 Å². The monoisotopic (exact) mass is 243 g/mol. The Bertz CT molecular complexity index is 377. The first-order chi connectivity index (χ1) is 6.32. The third kappa shape index (κ3) is 3.09. The summed E-state index contributed by atoms with van der Waals surface area (Å²) >= 11 is 0. The summed E-state index contributed by atoms with van der Waals surface area (Å²) in [5.41, 5.74) is 2.81. The zero-order valence-electron chi connectivity index (χ0n) is 7.14. The predicted octanol–water partition coefficient (Wildman–Crippen LogP) is 2.37. The van der Waals surface area contributed by atoms with Crippen LogP contribution in [0, 0.1) is 5.82 Å². The highest BCUT2D eigenvalue weighted by Gasteiger charge is 2.31. The van der Waals surface area contributed by atoms with E-state index in [4.69, 9.17) is 0 Å². The van der Waals surface area contributed by atoms with E-state index < -0.39 is 29.0 Å². The maximum absolute atomic E-state index is 12.7. The van der Waals surface area contributed by atoms with Gasteiger partial charge in [-0.15, -0.1) is 12.4 Å². The molecule has 0 atom stereocenters. The van der Waals surface area contributed by atoms with Gasteiger partial charge in [0.15, 0.2) is 0 Å². The zero-order chi connectivity index (χ0) is 10.9. The van der Waals surface area contributed by atoms with E-state index in [2.05, 4.69) is 5.73 Å². The summed E-state index contributed by atoms with van der Waals surface area (Å²) in [7, 11) is 0. The molecule has 15 heavy (non-hydrogen) atoms. The molecule has 0 aliphatic heterocycles. The van der Waals surface area contributed by atoms with Gasteiger partial charge in [-0.3, -0.25) is 4.79 Å². The van der Waals surface area contributed by atoms with Crippen molar-refractivity contribution in [1.82, 2.24) is 0 Å². The molecule has 0 aliphatic carbocycles. The van der Waals surface area contributed by atoms with E-state index in [1.54, 1.807) is 0 Å². The van der Waals surface area contributed by atoms with Crippen molar-refractivity contribution < 1.29 is 22.4 Å². The minimum atomic E-state index is -4.61. The van der Waals surface area contributed by atoms with Gasteiger partial charge in [0.25, 0.3) is 5.91 Å². The van der Waals surface area contributed by atoms with Crippen molar-refractivity contribution in [3.63, 3.8) is 0 Å². The van der Waals surface area contributed by atoms with Crippen LogP contribution in [0.1, 0.15) is 15.9 Å². The quantitative estimate of drug-likeness (QED) is 0.756. The summed E-state index contributed by atoms with van der Waals surface area (Å²) in [6.07, 6.45) is -4.61. The number of halogens is 5. The van der Waals surface area contributed by atoms with Gasteiger partial charge in [0.1, 0.15) is 5.82 Å². The second kappa shape index (κ2) is 4.48. The van der Waals surface area contributed by atoms with Crippen LogP contribution in [-0.2, 0) is 6.18 Å². The Hall–Kier alpha value is -1.30. The van der Waals surface area contributed by atoms with Crippen molar-refractivity contribution in [3.8, 4) is 0 Å². The van der Waals surface area contributed by atoms with E-state index >= 15 is 0 Å². The average molecular weight is 244 g/mol. The SMILES string of the molecule is Cl.NC(=O)c1cc(C(F)(F)F)ccc1F. The van der Waals surface area contributed by atoms with Crippen molar-refractivity contribution >= 4 is 18.3 Å². The molecular weight excluding hydrogens is 238 g/mol. The number of carbonyl (C=O) groups is 1. The molecule has 2 nitrogen and oxygen atoms in total. The maximum Gasteiger partial charge on any atom is 0.416 e. The summed E-state index contributed by atoms with van der Waals surface area (Å²) in [6, 6.07) is 1.49. The van der Waals surface area contributed by atoms with E-state index in [-0.39, 0.29) is 12.4 Å². The molecule has 2 N–H and O–H groups in total. The Morgan fingerprint density at radius 2 is 1.80 bits per heavy atom. The lowest BCUT2D eigenvalue weighted by molar-refractivity contribution is -0.137. The smallest absolute Gasteiger partial charge is 0.366 e. The molecule has 1 aromatic carbocycles. The molecule has 0 heterocycles. The normalized spacial score (nSPS) is 10.7. The third-order valence-corrected chi connectivity index (χ3v) is 1.56. The summed E-state index contributed by atoms with van der Waals surface area (Å²) in [4.78, 5) is 10.5. The van der Waals surface area contributed by atoms with Crippen LogP contribution in [-0.4, -0.2) is 5.91 Å². The standard InChI is InChI=1S/C8H5F4NO.ClH/c9-6-2-1-4(8(10,11)12)3-5(6)7(13)14;/h1-3H,(H2,13,14);1H. The third-order valence-electron chi connectivity index (χ3n) is 1.56. The van der Waals surface area contributed by atoms with Gasteiger partial charge in [0.2, 0.25) is 0 Å². The fourth-order valence-corrected chi connectivity index (χ4v) is 0.890. The van der Waals surface area contributed by atoms with E-state index in [1.165, 1.54) is 0 Å². The van der Waals surface area contributed by atoms with E-state index in [0.717, 1.165) is 0 Å². The van der Waals surface area contributed by atoms with Gasteiger partial charge in [-0.2, -0.15) is 13.2 Å². The lowest BCUT2D eigenvalue weighted by atomic mass is 10.1. The van der Waals surface area contributed by atoms with Gasteiger partial charge < -0.3 is 5.73 Å². The van der Waals surface area contributed by atoms with Crippen LogP contribution in [0.3, 0.4) is 0 Å². The van der Waals surface area contributed by atoms with Gasteiger partial charge in [0.05, 0.1) is 11.1 Å². The first-order valence-corrected chi connectivity index (χ1v) is 3.49. The minimum absolute atomic E-state index is 0. The molecule has 0 unspecified atom stereocenters. The molecule has 0 aliphatic rings. The van der Waals surface area contributed by atoms with Crippen LogP contribution in [0.5, 0.6) is 0 Å². The van der Waals surface area contributed by atoms with Gasteiger partial charge in [-0.1, -0.05) is 0 Å². The first kappa shape index (κ1) is 13.7. The molecule has 0 aromatic heterocycles. The summed E-state index contributed by atoms with van der Waals surface area (Å²) in [5, 5.41) is 0. The van der Waals surface area contributed by atoms with Crippen LogP contribution < -0.4 is 5.73 Å². The van der Waals surface area contributed by atoms with Crippen molar-refractivity contribution in [3.05, 3.63) is 35.1 Å². The molecule has 1 amide bonds. The zero-order valence-corrected chi connectivity index (χ0v) is 7.95. The molecule has 1 aromatic rings. The average Bonchev–Trinajstić information content (AvgIpc) is 2.02. The molecule has 0 saturated heterocycles. The highest BCUT2D eigenvalue weighted by Crippen LogP contribution is 2.30. The summed E-state index contributed by atoms with van der Waals surface area (Å²) < 4.78 is 49.0. The van der Waals surface area contributed by atoms with Crippen molar-refractivity contribution in [2.75, 3.05) is 0 Å². The van der Waals surface area contributed by atoms with Crippen LogP contribution in [0.4, 0.5) is 17.6 Å². The second-order valence-corrected chi connectivity index (χ2v) is 2.56. The van der Waals surface area contributed by atoms with Crippen molar-refractivity contribution in [1.29, 1.82) is 0 Å². The lowest BCUT2D eigenvalue weighted by Crippen LogP contribution is -2.15. The second-order valence-electron chi connectivity index (χ2n) is 2.56. The number of rotatable bonds is 1. The molecule has 0 radical (unpaired) electrons. The Kier molecular flexibility index (Phi) is 4.09. The van der Waals surface area contributed by atoms with E-state index in [0.29, 0.717) is 18.2 Å².